The van der Waals surface area contributed by atoms with Crippen molar-refractivity contribution in [1.29, 1.82) is 0 Å². The predicted octanol–water partition coefficient (Wildman–Crippen LogP) is 0.976. The molecule has 0 N–H and O–H groups in total. The van der Waals surface area contributed by atoms with E-state index in [0.29, 0.717) is 0 Å². The fourth-order valence-electron chi connectivity index (χ4n) is 0.219. The number of hydrogen-bond acceptors (Lipinski definition) is 2. The summed E-state index contributed by atoms with van der Waals surface area (Å²) in [5.74, 6) is 0. The highest BCUT2D eigenvalue weighted by atomic mass is 17.2. The van der Waals surface area contributed by atoms with Gasteiger partial charge in [0.25, 0.3) is 0 Å². The predicted molar refractivity (Wildman–Crippen MR) is 20.4 cm³/mol. The van der Waals surface area contributed by atoms with E-state index in [1.807, 2.05) is 0 Å². The van der Waals surface area contributed by atoms with E-state index in [1.165, 1.54) is 12.5 Å². The van der Waals surface area contributed by atoms with Gasteiger partial charge >= 0.3 is 0 Å². The maximum absolute atomic E-state index is 4.30. The molecule has 0 aromatic heterocycles. The number of allylic oxidation sites excluding steroid dienone is 2. The normalized spacial score (nSPS) is 16.0. The van der Waals surface area contributed by atoms with Crippen LogP contribution in [0.2, 0.25) is 0 Å². The molecule has 0 aromatic carbocycles. The minimum atomic E-state index is 1.46. The molecule has 2 heteroatoms. The molecule has 1 aliphatic rings. The van der Waals surface area contributed by atoms with Crippen LogP contribution in [0.5, 0.6) is 0 Å². The molecule has 0 spiro atoms. The van der Waals surface area contributed by atoms with Crippen molar-refractivity contribution in [2.45, 2.75) is 0 Å². The monoisotopic (exact) mass is 84.0 g/mol. The SMILES string of the molecule is C1=COOC=C1. The summed E-state index contributed by atoms with van der Waals surface area (Å²) in [6.45, 7) is 0. The van der Waals surface area contributed by atoms with E-state index >= 15 is 0 Å². The fraction of sp³-hybridized carbons (Fsp3) is 0. The smallest absolute Gasteiger partial charge is 0.142 e. The van der Waals surface area contributed by atoms with Gasteiger partial charge in [-0.15, -0.1) is 0 Å². The van der Waals surface area contributed by atoms with E-state index < -0.39 is 0 Å². The van der Waals surface area contributed by atoms with E-state index in [4.69, 9.17) is 0 Å². The Morgan fingerprint density at radius 2 is 1.33 bits per heavy atom. The lowest BCUT2D eigenvalue weighted by atomic mass is 10.6. The molecule has 0 bridgehead atoms. The summed E-state index contributed by atoms with van der Waals surface area (Å²) in [7, 11) is 0. The third-order valence-electron chi connectivity index (χ3n) is 0.435. The van der Waals surface area contributed by atoms with Gasteiger partial charge in [-0.1, -0.05) is 0 Å². The Balaban J connectivity index is 2.46. The zero-order valence-electron chi connectivity index (χ0n) is 3.13. The van der Waals surface area contributed by atoms with Gasteiger partial charge in [0.05, 0.1) is 0 Å². The lowest BCUT2D eigenvalue weighted by Crippen LogP contribution is -1.78. The molecule has 0 fully saturated rings. The second kappa shape index (κ2) is 1.50. The molecule has 0 radical (unpaired) electrons. The van der Waals surface area contributed by atoms with E-state index in [-0.39, 0.29) is 0 Å². The minimum Gasteiger partial charge on any atom is -0.299 e. The average molecular weight is 84.1 g/mol. The van der Waals surface area contributed by atoms with Gasteiger partial charge in [0.2, 0.25) is 0 Å². The van der Waals surface area contributed by atoms with E-state index in [1.54, 1.807) is 12.2 Å². The molecular weight excluding hydrogens is 80.0 g/mol. The van der Waals surface area contributed by atoms with Crippen molar-refractivity contribution in [2.75, 3.05) is 0 Å². The van der Waals surface area contributed by atoms with Crippen LogP contribution in [-0.2, 0) is 9.78 Å². The summed E-state index contributed by atoms with van der Waals surface area (Å²) >= 11 is 0. The van der Waals surface area contributed by atoms with E-state index in [2.05, 4.69) is 9.78 Å². The fourth-order valence-corrected chi connectivity index (χ4v) is 0.219. The highest BCUT2D eigenvalue weighted by Crippen LogP contribution is 1.89. The lowest BCUT2D eigenvalue weighted by molar-refractivity contribution is -0.198. The molecule has 0 saturated carbocycles. The Morgan fingerprint density at radius 1 is 0.833 bits per heavy atom. The van der Waals surface area contributed by atoms with Gasteiger partial charge < -0.3 is 0 Å². The second-order valence-electron chi connectivity index (χ2n) is 0.850. The Morgan fingerprint density at radius 3 is 1.50 bits per heavy atom. The van der Waals surface area contributed by atoms with Gasteiger partial charge in [0, 0.05) is 0 Å². The van der Waals surface area contributed by atoms with Crippen LogP contribution >= 0.6 is 0 Å². The maximum Gasteiger partial charge on any atom is 0.142 e. The second-order valence-corrected chi connectivity index (χ2v) is 0.850. The van der Waals surface area contributed by atoms with Gasteiger partial charge in [-0.05, 0) is 12.2 Å². The zero-order valence-corrected chi connectivity index (χ0v) is 3.13. The van der Waals surface area contributed by atoms with Crippen molar-refractivity contribution in [3.8, 4) is 0 Å². The lowest BCUT2D eigenvalue weighted by Gasteiger charge is -1.94. The van der Waals surface area contributed by atoms with Crippen molar-refractivity contribution >= 4 is 0 Å². The average Bonchev–Trinajstić information content (AvgIpc) is 1.72. The molecule has 2 nitrogen and oxygen atoms in total. The van der Waals surface area contributed by atoms with Crippen LogP contribution in [0, 0.1) is 0 Å². The molecule has 0 saturated heterocycles. The molecule has 0 unspecified atom stereocenters. The van der Waals surface area contributed by atoms with Crippen LogP contribution in [-0.4, -0.2) is 0 Å². The van der Waals surface area contributed by atoms with Crippen molar-refractivity contribution in [3.05, 3.63) is 24.7 Å². The minimum absolute atomic E-state index is 1.46. The largest absolute Gasteiger partial charge is 0.299 e. The first-order chi connectivity index (χ1) is 3.00. The van der Waals surface area contributed by atoms with E-state index in [0.717, 1.165) is 0 Å². The van der Waals surface area contributed by atoms with Crippen LogP contribution in [0.25, 0.3) is 0 Å². The third-order valence-corrected chi connectivity index (χ3v) is 0.435. The van der Waals surface area contributed by atoms with Gasteiger partial charge in [-0.2, -0.15) is 0 Å². The van der Waals surface area contributed by atoms with Crippen LogP contribution in [0.3, 0.4) is 0 Å². The quantitative estimate of drug-likeness (QED) is 0.407. The number of hydrogen-bond donors (Lipinski definition) is 0. The van der Waals surface area contributed by atoms with Crippen molar-refractivity contribution in [2.24, 2.45) is 0 Å². The Kier molecular flexibility index (Phi) is 0.819. The van der Waals surface area contributed by atoms with Crippen LogP contribution in [0.4, 0.5) is 0 Å². The molecule has 6 heavy (non-hydrogen) atoms. The molecular formula is C4H4O2. The first-order valence-corrected chi connectivity index (χ1v) is 1.64. The molecule has 32 valence electrons. The van der Waals surface area contributed by atoms with Crippen molar-refractivity contribution in [1.82, 2.24) is 0 Å². The van der Waals surface area contributed by atoms with Gasteiger partial charge in [0.1, 0.15) is 12.5 Å². The molecule has 0 aliphatic carbocycles. The topological polar surface area (TPSA) is 18.5 Å². The van der Waals surface area contributed by atoms with Gasteiger partial charge in [-0.3, -0.25) is 9.78 Å². The van der Waals surface area contributed by atoms with Crippen LogP contribution < -0.4 is 0 Å². The molecule has 1 aliphatic heterocycles. The van der Waals surface area contributed by atoms with E-state index in [9.17, 15) is 0 Å². The summed E-state index contributed by atoms with van der Waals surface area (Å²) in [5.41, 5.74) is 0. The maximum atomic E-state index is 4.30. The molecule has 0 aromatic rings. The summed E-state index contributed by atoms with van der Waals surface area (Å²) in [6.07, 6.45) is 6.40. The number of rotatable bonds is 0. The summed E-state index contributed by atoms with van der Waals surface area (Å²) in [6, 6.07) is 0. The summed E-state index contributed by atoms with van der Waals surface area (Å²) < 4.78 is 0. The standard InChI is InChI=1S/C4H4O2/c1-2-4-6-5-3-1/h1-4H. The first kappa shape index (κ1) is 3.28. The zero-order chi connectivity index (χ0) is 4.24. The molecule has 0 atom stereocenters. The third kappa shape index (κ3) is 0.516. The van der Waals surface area contributed by atoms with Crippen LogP contribution in [0.15, 0.2) is 24.7 Å². The Labute approximate surface area is 35.6 Å². The highest BCUT2D eigenvalue weighted by Gasteiger charge is 1.75. The Bertz CT molecular complexity index is 71.5. The summed E-state index contributed by atoms with van der Waals surface area (Å²) in [4.78, 5) is 8.60. The molecule has 0 amide bonds. The van der Waals surface area contributed by atoms with Gasteiger partial charge in [0.15, 0.2) is 0 Å². The highest BCUT2D eigenvalue weighted by molar-refractivity contribution is 4.97. The van der Waals surface area contributed by atoms with Crippen molar-refractivity contribution in [3.63, 3.8) is 0 Å². The Hall–Kier alpha value is -0.920. The first-order valence-electron chi connectivity index (χ1n) is 1.64. The molecule has 1 rings (SSSR count). The molecule has 1 heterocycles. The van der Waals surface area contributed by atoms with Gasteiger partial charge in [-0.25, -0.2) is 0 Å². The van der Waals surface area contributed by atoms with Crippen molar-refractivity contribution < 1.29 is 9.78 Å². The van der Waals surface area contributed by atoms with Crippen LogP contribution in [0.1, 0.15) is 0 Å². The summed E-state index contributed by atoms with van der Waals surface area (Å²) in [5, 5.41) is 0.